The number of piperidine rings is 1. The number of phenols is 1. The fourth-order valence-electron chi connectivity index (χ4n) is 2.31. The van der Waals surface area contributed by atoms with Gasteiger partial charge in [0.1, 0.15) is 11.6 Å². The van der Waals surface area contributed by atoms with Crippen LogP contribution in [0.1, 0.15) is 12.8 Å². The summed E-state index contributed by atoms with van der Waals surface area (Å²) in [4.78, 5) is 6.35. The van der Waals surface area contributed by atoms with Gasteiger partial charge in [-0.05, 0) is 25.0 Å². The number of nitrogens with zero attached hydrogens (tertiary/aromatic N) is 3. The van der Waals surface area contributed by atoms with Crippen molar-refractivity contribution in [1.29, 1.82) is 0 Å². The van der Waals surface area contributed by atoms with Gasteiger partial charge >= 0.3 is 0 Å². The first-order valence-corrected chi connectivity index (χ1v) is 6.55. The molecule has 7 heteroatoms. The number of aromatic hydroxyl groups is 1. The number of phenolic OH excluding ortho intramolecular Hbond substituents is 1. The lowest BCUT2D eigenvalue weighted by Crippen LogP contribution is -2.40. The minimum atomic E-state index is -0.534. The minimum Gasteiger partial charge on any atom is -0.508 e. The average Bonchev–Trinajstić information content (AvgIpc) is 2.89. The lowest BCUT2D eigenvalue weighted by Gasteiger charge is -2.28. The number of hydrogen-bond donors (Lipinski definition) is 3. The first kappa shape index (κ1) is 12.9. The van der Waals surface area contributed by atoms with E-state index in [1.165, 1.54) is 12.1 Å². The van der Waals surface area contributed by atoms with Crippen molar-refractivity contribution in [3.05, 3.63) is 24.0 Å². The maximum absolute atomic E-state index is 13.8. The van der Waals surface area contributed by atoms with Crippen LogP contribution in [-0.4, -0.2) is 39.4 Å². The summed E-state index contributed by atoms with van der Waals surface area (Å²) in [5.41, 5.74) is 6.14. The summed E-state index contributed by atoms with van der Waals surface area (Å²) < 4.78 is 13.8. The summed E-state index contributed by atoms with van der Waals surface area (Å²) in [6, 6.07) is 4.18. The molecule has 106 valence electrons. The molecule has 0 bridgehead atoms. The second-order valence-corrected chi connectivity index (χ2v) is 4.97. The molecule has 1 aromatic carbocycles. The third-order valence-electron chi connectivity index (χ3n) is 3.50. The Morgan fingerprint density at radius 2 is 2.10 bits per heavy atom. The lowest BCUT2D eigenvalue weighted by atomic mass is 10.1. The van der Waals surface area contributed by atoms with Crippen molar-refractivity contribution >= 4 is 5.95 Å². The molecule has 3 rings (SSSR count). The van der Waals surface area contributed by atoms with Crippen molar-refractivity contribution in [3.63, 3.8) is 0 Å². The van der Waals surface area contributed by atoms with E-state index in [2.05, 4.69) is 15.2 Å². The molecule has 20 heavy (non-hydrogen) atoms. The van der Waals surface area contributed by atoms with Gasteiger partial charge < -0.3 is 15.7 Å². The van der Waals surface area contributed by atoms with Crippen molar-refractivity contribution in [1.82, 2.24) is 15.2 Å². The summed E-state index contributed by atoms with van der Waals surface area (Å²) in [5, 5.41) is 16.1. The number of hydrogen-bond acceptors (Lipinski definition) is 5. The molecule has 0 spiro atoms. The van der Waals surface area contributed by atoms with E-state index in [9.17, 15) is 9.50 Å². The first-order valence-electron chi connectivity index (χ1n) is 6.55. The van der Waals surface area contributed by atoms with Crippen molar-refractivity contribution < 1.29 is 9.50 Å². The molecule has 1 fully saturated rings. The van der Waals surface area contributed by atoms with Gasteiger partial charge in [-0.25, -0.2) is 4.39 Å². The molecule has 0 saturated carbocycles. The number of rotatable bonds is 2. The number of halogens is 1. The van der Waals surface area contributed by atoms with Crippen LogP contribution in [-0.2, 0) is 0 Å². The van der Waals surface area contributed by atoms with Crippen LogP contribution in [0.15, 0.2) is 18.2 Å². The molecule has 6 nitrogen and oxygen atoms in total. The summed E-state index contributed by atoms with van der Waals surface area (Å²) >= 11 is 0. The quantitative estimate of drug-likeness (QED) is 0.768. The molecule has 1 aliphatic heterocycles. The van der Waals surface area contributed by atoms with Gasteiger partial charge in [-0.15, -0.1) is 5.10 Å². The molecular weight excluding hydrogens is 261 g/mol. The molecule has 0 unspecified atom stereocenters. The van der Waals surface area contributed by atoms with Crippen LogP contribution in [0.4, 0.5) is 10.3 Å². The van der Waals surface area contributed by atoms with Gasteiger partial charge in [-0.1, -0.05) is 0 Å². The monoisotopic (exact) mass is 277 g/mol. The second-order valence-electron chi connectivity index (χ2n) is 4.97. The number of anilines is 1. The van der Waals surface area contributed by atoms with Crippen LogP contribution in [0.25, 0.3) is 11.4 Å². The van der Waals surface area contributed by atoms with Gasteiger partial charge in [0.2, 0.25) is 5.95 Å². The average molecular weight is 277 g/mol. The van der Waals surface area contributed by atoms with Gasteiger partial charge in [0.15, 0.2) is 5.82 Å². The Kier molecular flexibility index (Phi) is 3.27. The third kappa shape index (κ3) is 2.44. The largest absolute Gasteiger partial charge is 0.508 e. The Balaban J connectivity index is 1.83. The molecule has 0 aliphatic carbocycles. The van der Waals surface area contributed by atoms with E-state index in [1.807, 2.05) is 4.90 Å². The molecule has 2 aromatic rings. The van der Waals surface area contributed by atoms with Crippen molar-refractivity contribution in [3.8, 4) is 17.1 Å². The molecule has 1 aliphatic rings. The zero-order valence-electron chi connectivity index (χ0n) is 10.9. The van der Waals surface area contributed by atoms with Crippen molar-refractivity contribution in [2.45, 2.75) is 18.9 Å². The Morgan fingerprint density at radius 1 is 1.35 bits per heavy atom. The van der Waals surface area contributed by atoms with Gasteiger partial charge in [0.05, 0.1) is 5.56 Å². The van der Waals surface area contributed by atoms with Crippen molar-refractivity contribution in [2.75, 3.05) is 18.0 Å². The third-order valence-corrected chi connectivity index (χ3v) is 3.50. The van der Waals surface area contributed by atoms with Gasteiger partial charge in [0.25, 0.3) is 0 Å². The van der Waals surface area contributed by atoms with E-state index >= 15 is 0 Å². The predicted octanol–water partition coefficient (Wildman–Crippen LogP) is 1.24. The fourth-order valence-corrected chi connectivity index (χ4v) is 2.31. The predicted molar refractivity (Wildman–Crippen MR) is 72.9 cm³/mol. The van der Waals surface area contributed by atoms with Crippen LogP contribution in [0.2, 0.25) is 0 Å². The highest BCUT2D eigenvalue weighted by Gasteiger charge is 2.20. The molecule has 0 radical (unpaired) electrons. The topological polar surface area (TPSA) is 91.1 Å². The van der Waals surface area contributed by atoms with Crippen LogP contribution in [0.3, 0.4) is 0 Å². The number of H-pyrrole nitrogens is 1. The highest BCUT2D eigenvalue weighted by atomic mass is 19.1. The summed E-state index contributed by atoms with van der Waals surface area (Å²) in [6.45, 7) is 1.60. The Morgan fingerprint density at radius 3 is 2.80 bits per heavy atom. The fraction of sp³-hybridized carbons (Fsp3) is 0.385. The number of benzene rings is 1. The number of nitrogens with one attached hydrogen (secondary N) is 1. The van der Waals surface area contributed by atoms with E-state index in [4.69, 9.17) is 5.73 Å². The highest BCUT2D eigenvalue weighted by molar-refractivity contribution is 5.58. The SMILES string of the molecule is NC1CCN(c2n[nH]c(-c3ccc(O)cc3F)n2)CC1. The number of aromatic amines is 1. The van der Waals surface area contributed by atoms with Crippen LogP contribution < -0.4 is 10.6 Å². The van der Waals surface area contributed by atoms with E-state index in [0.29, 0.717) is 11.8 Å². The molecular formula is C13H16FN5O. The molecule has 4 N–H and O–H groups in total. The second kappa shape index (κ2) is 5.09. The highest BCUT2D eigenvalue weighted by Crippen LogP contribution is 2.24. The van der Waals surface area contributed by atoms with E-state index in [0.717, 1.165) is 32.0 Å². The Bertz CT molecular complexity index is 607. The van der Waals surface area contributed by atoms with Crippen LogP contribution in [0.5, 0.6) is 5.75 Å². The molecule has 1 aromatic heterocycles. The smallest absolute Gasteiger partial charge is 0.245 e. The number of nitrogens with two attached hydrogens (primary N) is 1. The summed E-state index contributed by atoms with van der Waals surface area (Å²) in [7, 11) is 0. The Labute approximate surface area is 115 Å². The van der Waals surface area contributed by atoms with Gasteiger partial charge in [-0.2, -0.15) is 4.98 Å². The zero-order valence-corrected chi connectivity index (χ0v) is 10.9. The molecule has 2 heterocycles. The summed E-state index contributed by atoms with van der Waals surface area (Å²) in [6.07, 6.45) is 1.80. The van der Waals surface area contributed by atoms with Crippen LogP contribution >= 0.6 is 0 Å². The molecule has 0 amide bonds. The summed E-state index contributed by atoms with van der Waals surface area (Å²) in [5.74, 6) is 0.260. The minimum absolute atomic E-state index is 0.115. The van der Waals surface area contributed by atoms with E-state index < -0.39 is 5.82 Å². The number of aromatic nitrogens is 3. The normalized spacial score (nSPS) is 16.6. The van der Waals surface area contributed by atoms with Crippen molar-refractivity contribution in [2.24, 2.45) is 5.73 Å². The van der Waals surface area contributed by atoms with Gasteiger partial charge in [-0.3, -0.25) is 5.10 Å². The van der Waals surface area contributed by atoms with Gasteiger partial charge in [0, 0.05) is 25.2 Å². The standard InChI is InChI=1S/C13H16FN5O/c14-11-7-9(20)1-2-10(11)12-16-13(18-17-12)19-5-3-8(15)4-6-19/h1-2,7-8,20H,3-6,15H2,(H,16,17,18). The van der Waals surface area contributed by atoms with Crippen LogP contribution in [0, 0.1) is 5.82 Å². The van der Waals surface area contributed by atoms with E-state index in [1.54, 1.807) is 0 Å². The zero-order chi connectivity index (χ0) is 14.1. The van der Waals surface area contributed by atoms with E-state index in [-0.39, 0.29) is 17.4 Å². The molecule has 1 saturated heterocycles. The first-order chi connectivity index (χ1) is 9.63. The maximum atomic E-state index is 13.8. The lowest BCUT2D eigenvalue weighted by molar-refractivity contribution is 0.469. The molecule has 0 atom stereocenters. The maximum Gasteiger partial charge on any atom is 0.245 e. The Hall–Kier alpha value is -2.15.